The number of rotatable bonds is 10. The molecule has 6 heterocycles. The SMILES string of the molecule is C=Cc1c(C=C)n(-c2cccc(-n3c4cccc(C)c4c4ccc5cc(/C=C\C=C/C)n(-c6cccc(-n7c(C=C)c(/C=C\C)c8c7C=CCC8)n6)c5c43)n2)c2ccccc12.CC. The normalized spacial score (nSPS) is 12.7. The zero-order valence-corrected chi connectivity index (χ0v) is 36.8. The second-order valence-electron chi connectivity index (χ2n) is 15.4. The highest BCUT2D eigenvalue weighted by molar-refractivity contribution is 6.19. The highest BCUT2D eigenvalue weighted by atomic mass is 15.2. The van der Waals surface area contributed by atoms with E-state index in [1.807, 2.05) is 45.1 Å². The minimum Gasteiger partial charge on any atom is -0.294 e. The van der Waals surface area contributed by atoms with Crippen LogP contribution < -0.4 is 0 Å². The van der Waals surface area contributed by atoms with Gasteiger partial charge in [0.15, 0.2) is 0 Å². The lowest BCUT2D eigenvalue weighted by atomic mass is 9.99. The van der Waals surface area contributed by atoms with Crippen molar-refractivity contribution in [2.75, 3.05) is 0 Å². The fourth-order valence-electron chi connectivity index (χ4n) is 9.52. The molecule has 3 aromatic carbocycles. The molecule has 0 radical (unpaired) electrons. The van der Waals surface area contributed by atoms with Crippen LogP contribution in [0.2, 0.25) is 0 Å². The molecule has 63 heavy (non-hydrogen) atoms. The number of nitrogens with zero attached hydrogens (tertiary/aromatic N) is 6. The van der Waals surface area contributed by atoms with Crippen LogP contribution in [0.5, 0.6) is 0 Å². The molecule has 0 spiro atoms. The molecule has 1 aliphatic rings. The van der Waals surface area contributed by atoms with Gasteiger partial charge in [-0.15, -0.1) is 0 Å². The number of aromatic nitrogens is 6. The van der Waals surface area contributed by atoms with Crippen molar-refractivity contribution in [3.63, 3.8) is 0 Å². The first kappa shape index (κ1) is 40.7. The van der Waals surface area contributed by atoms with Gasteiger partial charge in [-0.25, -0.2) is 9.97 Å². The smallest absolute Gasteiger partial charge is 0.140 e. The van der Waals surface area contributed by atoms with Gasteiger partial charge < -0.3 is 0 Å². The Bertz CT molecular complexity index is 3400. The highest BCUT2D eigenvalue weighted by Gasteiger charge is 2.25. The van der Waals surface area contributed by atoms with E-state index in [1.165, 1.54) is 22.1 Å². The maximum atomic E-state index is 5.53. The van der Waals surface area contributed by atoms with Crippen LogP contribution in [-0.2, 0) is 6.42 Å². The summed E-state index contributed by atoms with van der Waals surface area (Å²) in [5, 5.41) is 4.54. The topological polar surface area (TPSA) is 45.5 Å². The van der Waals surface area contributed by atoms with Crippen LogP contribution in [0.1, 0.15) is 79.1 Å². The number of fused-ring (bicyclic) bond motifs is 7. The van der Waals surface area contributed by atoms with E-state index >= 15 is 0 Å². The van der Waals surface area contributed by atoms with E-state index in [0.717, 1.165) is 103 Å². The van der Waals surface area contributed by atoms with Crippen molar-refractivity contribution >= 4 is 80.1 Å². The number of benzene rings is 3. The zero-order valence-electron chi connectivity index (χ0n) is 36.8. The van der Waals surface area contributed by atoms with Crippen LogP contribution in [0.25, 0.3) is 103 Å². The van der Waals surface area contributed by atoms with E-state index in [9.17, 15) is 0 Å². The first-order valence-corrected chi connectivity index (χ1v) is 21.9. The number of pyridine rings is 2. The Morgan fingerprint density at radius 1 is 0.587 bits per heavy atom. The van der Waals surface area contributed by atoms with Gasteiger partial charge in [-0.05, 0) is 112 Å². The van der Waals surface area contributed by atoms with Crippen LogP contribution >= 0.6 is 0 Å². The molecule has 0 atom stereocenters. The first-order valence-electron chi connectivity index (χ1n) is 21.9. The van der Waals surface area contributed by atoms with Crippen molar-refractivity contribution in [3.8, 4) is 23.3 Å². The minimum atomic E-state index is 0.797. The lowest BCUT2D eigenvalue weighted by molar-refractivity contribution is 0.918. The molecule has 0 saturated carbocycles. The number of para-hydroxylation sites is 1. The summed E-state index contributed by atoms with van der Waals surface area (Å²) < 4.78 is 9.11. The molecule has 0 aliphatic heterocycles. The summed E-state index contributed by atoms with van der Waals surface area (Å²) in [7, 11) is 0. The van der Waals surface area contributed by atoms with Crippen molar-refractivity contribution < 1.29 is 0 Å². The van der Waals surface area contributed by atoms with Gasteiger partial charge in [-0.3, -0.25) is 18.3 Å². The van der Waals surface area contributed by atoms with Crippen LogP contribution in [0.4, 0.5) is 0 Å². The predicted molar refractivity (Wildman–Crippen MR) is 272 cm³/mol. The quantitative estimate of drug-likeness (QED) is 0.129. The Morgan fingerprint density at radius 3 is 1.97 bits per heavy atom. The lowest BCUT2D eigenvalue weighted by Crippen LogP contribution is -2.08. The van der Waals surface area contributed by atoms with Gasteiger partial charge in [0.2, 0.25) is 0 Å². The number of hydrogen-bond donors (Lipinski definition) is 0. The fraction of sp³-hybridized carbons (Fsp3) is 0.123. The third-order valence-electron chi connectivity index (χ3n) is 12.0. The Labute approximate surface area is 369 Å². The summed E-state index contributed by atoms with van der Waals surface area (Å²) in [6, 6.07) is 34.3. The Kier molecular flexibility index (Phi) is 11.0. The minimum absolute atomic E-state index is 0.797. The average Bonchev–Trinajstić information content (AvgIpc) is 4.06. The van der Waals surface area contributed by atoms with E-state index in [-0.39, 0.29) is 0 Å². The van der Waals surface area contributed by atoms with Crippen molar-refractivity contribution in [2.45, 2.75) is 47.5 Å². The molecule has 0 fully saturated rings. The molecule has 10 rings (SSSR count). The molecule has 0 unspecified atom stereocenters. The maximum Gasteiger partial charge on any atom is 0.140 e. The molecular weight excluding hydrogens is 769 g/mol. The lowest BCUT2D eigenvalue weighted by Gasteiger charge is -2.16. The molecule has 6 aromatic heterocycles. The van der Waals surface area contributed by atoms with Gasteiger partial charge in [0.25, 0.3) is 0 Å². The van der Waals surface area contributed by atoms with Crippen molar-refractivity contribution in [1.82, 2.24) is 28.2 Å². The van der Waals surface area contributed by atoms with E-state index in [2.05, 4.69) is 191 Å². The Morgan fingerprint density at radius 2 is 1.25 bits per heavy atom. The van der Waals surface area contributed by atoms with Gasteiger partial charge in [-0.1, -0.05) is 131 Å². The summed E-state index contributed by atoms with van der Waals surface area (Å²) in [6.07, 6.45) is 24.9. The fourth-order valence-corrected chi connectivity index (χ4v) is 9.52. The van der Waals surface area contributed by atoms with Gasteiger partial charge in [-0.2, -0.15) is 0 Å². The van der Waals surface area contributed by atoms with Crippen molar-refractivity contribution in [2.24, 2.45) is 0 Å². The first-order chi connectivity index (χ1) is 31.0. The number of allylic oxidation sites excluding steroid dienone is 5. The summed E-state index contributed by atoms with van der Waals surface area (Å²) in [4.78, 5) is 11.0. The summed E-state index contributed by atoms with van der Waals surface area (Å²) in [5.41, 5.74) is 13.2. The number of hydrogen-bond acceptors (Lipinski definition) is 2. The highest BCUT2D eigenvalue weighted by Crippen LogP contribution is 2.41. The molecule has 0 amide bonds. The number of aryl methyl sites for hydroxylation is 1. The largest absolute Gasteiger partial charge is 0.294 e. The molecule has 0 saturated heterocycles. The Hall–Kier alpha value is -7.70. The average molecular weight is 821 g/mol. The van der Waals surface area contributed by atoms with Gasteiger partial charge in [0.05, 0.1) is 39.1 Å². The van der Waals surface area contributed by atoms with E-state index in [1.54, 1.807) is 0 Å². The van der Waals surface area contributed by atoms with Gasteiger partial charge in [0.1, 0.15) is 23.3 Å². The monoisotopic (exact) mass is 820 g/mol. The summed E-state index contributed by atoms with van der Waals surface area (Å²) in [5.74, 6) is 3.25. The van der Waals surface area contributed by atoms with Crippen molar-refractivity contribution in [3.05, 3.63) is 192 Å². The van der Waals surface area contributed by atoms with Crippen LogP contribution in [0.15, 0.2) is 147 Å². The third-order valence-corrected chi connectivity index (χ3v) is 12.0. The molecule has 6 nitrogen and oxygen atoms in total. The molecule has 1 aliphatic carbocycles. The van der Waals surface area contributed by atoms with Crippen LogP contribution in [0.3, 0.4) is 0 Å². The summed E-state index contributed by atoms with van der Waals surface area (Å²) >= 11 is 0. The van der Waals surface area contributed by atoms with Gasteiger partial charge in [0, 0.05) is 38.4 Å². The molecule has 9 aromatic rings. The zero-order chi connectivity index (χ0) is 43.8. The Balaban J connectivity index is 0.00000249. The van der Waals surface area contributed by atoms with Crippen LogP contribution in [0, 0.1) is 6.92 Å². The summed E-state index contributed by atoms with van der Waals surface area (Å²) in [6.45, 7) is 23.0. The van der Waals surface area contributed by atoms with E-state index in [0.29, 0.717) is 0 Å². The van der Waals surface area contributed by atoms with Crippen molar-refractivity contribution in [1.29, 1.82) is 0 Å². The molecular formula is C57H52N6. The van der Waals surface area contributed by atoms with Crippen LogP contribution in [-0.4, -0.2) is 28.2 Å². The molecule has 0 N–H and O–H groups in total. The standard InChI is InChI=1S/C55H46N6.C2H6/c1-7-12-13-23-38-35-37-33-34-43-53-36(6)22-18-28-48(53)61(52-32-20-31-51(57-52)59-44(10-4)39(9-3)41-24-14-16-26-46(41)59)55(43)54(37)58(38)49-29-19-30-50(56-49)60-45(11-5)40(21-8-2)42-25-15-17-27-47(42)60;1-2/h7-14,16-24,26-35H,3-5,15,25H2,1-2,6H3;1-2H3/b12-7-,21-8-,23-13-;. The third kappa shape index (κ3) is 6.49. The van der Waals surface area contributed by atoms with E-state index < -0.39 is 0 Å². The molecule has 310 valence electrons. The molecule has 0 bridgehead atoms. The molecule has 6 heteroatoms. The second-order valence-corrected chi connectivity index (χ2v) is 15.4. The van der Waals surface area contributed by atoms with E-state index in [4.69, 9.17) is 9.97 Å². The van der Waals surface area contributed by atoms with Gasteiger partial charge >= 0.3 is 0 Å². The predicted octanol–water partition coefficient (Wildman–Crippen LogP) is 15.1. The second kappa shape index (κ2) is 17.0. The maximum absolute atomic E-state index is 5.53.